The van der Waals surface area contributed by atoms with Crippen LogP contribution in [0.3, 0.4) is 0 Å². The average Bonchev–Trinajstić information content (AvgIpc) is 2.68. The predicted octanol–water partition coefficient (Wildman–Crippen LogP) is 1.87. The first-order chi connectivity index (χ1) is 13.3. The number of aromatic nitrogens is 1. The van der Waals surface area contributed by atoms with Gasteiger partial charge in [0.05, 0.1) is 27.7 Å². The second-order valence-electron chi connectivity index (χ2n) is 5.85. The van der Waals surface area contributed by atoms with E-state index in [-0.39, 0.29) is 47.8 Å². The van der Waals surface area contributed by atoms with Crippen LogP contribution in [-0.2, 0) is 26.2 Å². The minimum absolute atomic E-state index is 0.0155. The minimum Gasteiger partial charge on any atom is -0.456 e. The number of esters is 1. The van der Waals surface area contributed by atoms with Crippen LogP contribution in [0.4, 0.5) is 0 Å². The summed E-state index contributed by atoms with van der Waals surface area (Å²) in [6, 6.07) is 8.32. The van der Waals surface area contributed by atoms with E-state index in [2.05, 4.69) is 10.3 Å². The molecule has 1 aliphatic heterocycles. The van der Waals surface area contributed by atoms with Crippen LogP contribution in [0.2, 0.25) is 10.2 Å². The quantitative estimate of drug-likeness (QED) is 0.558. The van der Waals surface area contributed by atoms with Gasteiger partial charge in [-0.05, 0) is 36.4 Å². The van der Waals surface area contributed by atoms with Gasteiger partial charge in [0.25, 0.3) is 0 Å². The van der Waals surface area contributed by atoms with Crippen molar-refractivity contribution in [2.24, 2.45) is 0 Å². The van der Waals surface area contributed by atoms with E-state index in [1.807, 2.05) is 0 Å². The molecule has 2 aromatic rings. The lowest BCUT2D eigenvalue weighted by Gasteiger charge is -2.25. The van der Waals surface area contributed by atoms with Gasteiger partial charge in [-0.1, -0.05) is 23.2 Å². The Balaban J connectivity index is 1.68. The number of nitrogens with zero attached hydrogens (tertiary/aromatic N) is 2. The number of halogens is 2. The Labute approximate surface area is 171 Å². The lowest BCUT2D eigenvalue weighted by atomic mass is 10.2. The lowest BCUT2D eigenvalue weighted by Crippen LogP contribution is -2.49. The maximum Gasteiger partial charge on any atom is 0.338 e. The first-order valence-electron chi connectivity index (χ1n) is 8.12. The number of hydrogen-bond donors (Lipinski definition) is 1. The Kier molecular flexibility index (Phi) is 6.19. The molecule has 3 rings (SSSR count). The molecule has 1 fully saturated rings. The molecule has 1 N–H and O–H groups in total. The van der Waals surface area contributed by atoms with Crippen LogP contribution in [0, 0.1) is 0 Å². The molecule has 1 aromatic carbocycles. The monoisotopic (exact) mass is 443 g/mol. The smallest absolute Gasteiger partial charge is 0.338 e. The summed E-state index contributed by atoms with van der Waals surface area (Å²) < 4.78 is 31.4. The van der Waals surface area contributed by atoms with E-state index < -0.39 is 16.0 Å². The van der Waals surface area contributed by atoms with Crippen molar-refractivity contribution in [3.8, 4) is 0 Å². The molecule has 0 unspecified atom stereocenters. The van der Waals surface area contributed by atoms with Crippen LogP contribution in [-0.4, -0.2) is 49.2 Å². The molecule has 148 valence electrons. The van der Waals surface area contributed by atoms with Gasteiger partial charge in [0.15, 0.2) is 0 Å². The predicted molar refractivity (Wildman–Crippen MR) is 102 cm³/mol. The summed E-state index contributed by atoms with van der Waals surface area (Å²) in [5.41, 5.74) is 0.471. The van der Waals surface area contributed by atoms with Crippen molar-refractivity contribution in [1.82, 2.24) is 14.6 Å². The number of rotatable bonds is 5. The summed E-state index contributed by atoms with van der Waals surface area (Å²) in [4.78, 5) is 27.6. The van der Waals surface area contributed by atoms with E-state index in [9.17, 15) is 18.0 Å². The Morgan fingerprint density at radius 2 is 1.89 bits per heavy atom. The molecule has 0 atom stereocenters. The number of carbonyl (C=O) groups is 2. The van der Waals surface area contributed by atoms with E-state index in [1.54, 1.807) is 6.07 Å². The highest BCUT2D eigenvalue weighted by molar-refractivity contribution is 7.89. The molecule has 0 aliphatic carbocycles. The second-order valence-corrected chi connectivity index (χ2v) is 8.58. The number of nitrogens with one attached hydrogen (secondary N) is 1. The number of pyridine rings is 1. The van der Waals surface area contributed by atoms with Gasteiger partial charge in [0, 0.05) is 13.1 Å². The Hall–Kier alpha value is -2.20. The molecule has 0 bridgehead atoms. The molecule has 1 aromatic heterocycles. The Bertz CT molecular complexity index is 1010. The molecule has 0 radical (unpaired) electrons. The third-order valence-corrected chi connectivity index (χ3v) is 6.37. The van der Waals surface area contributed by atoms with Gasteiger partial charge in [-0.3, -0.25) is 4.79 Å². The van der Waals surface area contributed by atoms with Gasteiger partial charge in [-0.25, -0.2) is 18.2 Å². The maximum absolute atomic E-state index is 12.6. The Morgan fingerprint density at radius 1 is 1.18 bits per heavy atom. The third-order valence-electron chi connectivity index (χ3n) is 3.96. The normalized spacial score (nSPS) is 15.1. The van der Waals surface area contributed by atoms with E-state index in [4.69, 9.17) is 27.9 Å². The van der Waals surface area contributed by atoms with E-state index in [0.717, 1.165) is 4.31 Å². The molecule has 0 saturated carbocycles. The number of amides is 1. The first-order valence-corrected chi connectivity index (χ1v) is 10.3. The number of sulfonamides is 1. The van der Waals surface area contributed by atoms with Crippen LogP contribution < -0.4 is 5.32 Å². The molecule has 1 saturated heterocycles. The largest absolute Gasteiger partial charge is 0.456 e. The SMILES string of the molecule is O=C1CN(S(=O)(=O)c2ccc(C(=O)OCc3nc(Cl)ccc3Cl)cc2)CCN1. The Morgan fingerprint density at radius 3 is 2.57 bits per heavy atom. The second kappa shape index (κ2) is 8.44. The van der Waals surface area contributed by atoms with Crippen LogP contribution >= 0.6 is 23.2 Å². The zero-order valence-corrected chi connectivity index (χ0v) is 16.7. The fraction of sp³-hybridized carbons (Fsp3) is 0.235. The zero-order chi connectivity index (χ0) is 20.3. The number of benzene rings is 1. The van der Waals surface area contributed by atoms with Gasteiger partial charge in [-0.2, -0.15) is 4.31 Å². The van der Waals surface area contributed by atoms with Crippen molar-refractivity contribution in [3.63, 3.8) is 0 Å². The fourth-order valence-electron chi connectivity index (χ4n) is 2.51. The topological polar surface area (TPSA) is 106 Å². The van der Waals surface area contributed by atoms with Crippen molar-refractivity contribution >= 4 is 45.1 Å². The number of hydrogen-bond acceptors (Lipinski definition) is 6. The molecule has 1 amide bonds. The summed E-state index contributed by atoms with van der Waals surface area (Å²) >= 11 is 11.8. The molecule has 8 nitrogen and oxygen atoms in total. The summed E-state index contributed by atoms with van der Waals surface area (Å²) in [5.74, 6) is -1.03. The summed E-state index contributed by atoms with van der Waals surface area (Å²) in [6.45, 7) is 0.0223. The molecule has 2 heterocycles. The zero-order valence-electron chi connectivity index (χ0n) is 14.4. The van der Waals surface area contributed by atoms with Gasteiger partial charge in [0.1, 0.15) is 11.8 Å². The van der Waals surface area contributed by atoms with Crippen molar-refractivity contribution in [3.05, 3.63) is 57.8 Å². The van der Waals surface area contributed by atoms with Gasteiger partial charge < -0.3 is 10.1 Å². The van der Waals surface area contributed by atoms with Crippen molar-refractivity contribution in [1.29, 1.82) is 0 Å². The van der Waals surface area contributed by atoms with Crippen LogP contribution in [0.25, 0.3) is 0 Å². The maximum atomic E-state index is 12.6. The summed E-state index contributed by atoms with van der Waals surface area (Å²) in [6.07, 6.45) is 0. The third kappa shape index (κ3) is 4.61. The van der Waals surface area contributed by atoms with E-state index in [1.165, 1.54) is 30.3 Å². The number of piperazine rings is 1. The van der Waals surface area contributed by atoms with Crippen LogP contribution in [0.1, 0.15) is 16.1 Å². The molecule has 1 aliphatic rings. The molecular formula is C17H15Cl2N3O5S. The molecule has 28 heavy (non-hydrogen) atoms. The van der Waals surface area contributed by atoms with Crippen molar-refractivity contribution in [2.45, 2.75) is 11.5 Å². The van der Waals surface area contributed by atoms with Crippen LogP contribution in [0.15, 0.2) is 41.3 Å². The lowest BCUT2D eigenvalue weighted by molar-refractivity contribution is -0.122. The van der Waals surface area contributed by atoms with Crippen molar-refractivity contribution in [2.75, 3.05) is 19.6 Å². The molecule has 11 heteroatoms. The highest BCUT2D eigenvalue weighted by Gasteiger charge is 2.29. The summed E-state index contributed by atoms with van der Waals surface area (Å²) in [5, 5.41) is 3.09. The van der Waals surface area contributed by atoms with Crippen molar-refractivity contribution < 1.29 is 22.7 Å². The van der Waals surface area contributed by atoms with E-state index >= 15 is 0 Å². The van der Waals surface area contributed by atoms with Gasteiger partial charge >= 0.3 is 5.97 Å². The molecule has 0 spiro atoms. The highest BCUT2D eigenvalue weighted by Crippen LogP contribution is 2.20. The summed E-state index contributed by atoms with van der Waals surface area (Å²) in [7, 11) is -3.82. The average molecular weight is 444 g/mol. The standard InChI is InChI=1S/C17H15Cl2N3O5S/c18-13-5-6-15(19)21-14(13)10-27-17(24)11-1-3-12(4-2-11)28(25,26)22-8-7-20-16(23)9-22/h1-6H,7-10H2,(H,20,23). The van der Waals surface area contributed by atoms with E-state index in [0.29, 0.717) is 10.7 Å². The van der Waals surface area contributed by atoms with Gasteiger partial charge in [0.2, 0.25) is 15.9 Å². The highest BCUT2D eigenvalue weighted by atomic mass is 35.5. The van der Waals surface area contributed by atoms with Crippen LogP contribution in [0.5, 0.6) is 0 Å². The number of ether oxygens (including phenoxy) is 1. The number of carbonyl (C=O) groups excluding carboxylic acids is 2. The molecular weight excluding hydrogens is 429 g/mol. The minimum atomic E-state index is -3.82. The first kappa shape index (κ1) is 20.5. The van der Waals surface area contributed by atoms with Gasteiger partial charge in [-0.15, -0.1) is 0 Å². The fourth-order valence-corrected chi connectivity index (χ4v) is 4.23.